The fourth-order valence-corrected chi connectivity index (χ4v) is 6.66. The molecule has 1 atom stereocenters. The van der Waals surface area contributed by atoms with Gasteiger partial charge in [-0.05, 0) is 42.9 Å². The molecular weight excluding hydrogens is 476 g/mol. The number of aromatic nitrogens is 2. The van der Waals surface area contributed by atoms with Gasteiger partial charge >= 0.3 is 0 Å². The average Bonchev–Trinajstić information content (AvgIpc) is 3.28. The summed E-state index contributed by atoms with van der Waals surface area (Å²) in [7, 11) is 4.67. The molecule has 0 bridgehead atoms. The third-order valence-electron chi connectivity index (χ3n) is 7.28. The first-order valence-electron chi connectivity index (χ1n) is 12.6. The lowest BCUT2D eigenvalue weighted by atomic mass is 9.89. The smallest absolute Gasteiger partial charge is 0.254 e. The zero-order valence-corrected chi connectivity index (χ0v) is 22.5. The largest absolute Gasteiger partial charge is 0.493 e. The molecular formula is C27H34N4O4S. The minimum Gasteiger partial charge on any atom is -0.493 e. The number of benzene rings is 1. The lowest BCUT2D eigenvalue weighted by Gasteiger charge is -2.36. The molecule has 8 nitrogen and oxygen atoms in total. The summed E-state index contributed by atoms with van der Waals surface area (Å²) in [6.07, 6.45) is 4.25. The van der Waals surface area contributed by atoms with Gasteiger partial charge in [0.2, 0.25) is 5.75 Å². The van der Waals surface area contributed by atoms with Crippen LogP contribution in [0, 0.1) is 5.92 Å². The highest BCUT2D eigenvalue weighted by Crippen LogP contribution is 2.42. The van der Waals surface area contributed by atoms with Crippen LogP contribution in [-0.4, -0.2) is 68.3 Å². The number of carbonyl (C=O) groups excluding carboxylic acids is 1. The summed E-state index contributed by atoms with van der Waals surface area (Å²) in [4.78, 5) is 30.1. The van der Waals surface area contributed by atoms with E-state index in [0.717, 1.165) is 54.7 Å². The van der Waals surface area contributed by atoms with E-state index in [4.69, 9.17) is 24.2 Å². The minimum atomic E-state index is -0.0436. The van der Waals surface area contributed by atoms with E-state index in [0.29, 0.717) is 35.9 Å². The molecule has 1 aliphatic carbocycles. The number of piperazine rings is 1. The maximum Gasteiger partial charge on any atom is 0.254 e. The molecule has 1 aromatic carbocycles. The van der Waals surface area contributed by atoms with E-state index in [-0.39, 0.29) is 5.91 Å². The SMILES string of the molecule is CCc1nc(N2CCN(C(=O)c3cc(OC)c(OC)c(OC)c3)CC2)c2c3c(sc2n1)CC(C)CC3. The molecule has 9 heteroatoms. The van der Waals surface area contributed by atoms with Crippen LogP contribution in [0.3, 0.4) is 0 Å². The number of nitrogens with zero attached hydrogens (tertiary/aromatic N) is 4. The van der Waals surface area contributed by atoms with Crippen molar-refractivity contribution in [3.63, 3.8) is 0 Å². The molecule has 0 spiro atoms. The lowest BCUT2D eigenvalue weighted by molar-refractivity contribution is 0.0745. The predicted molar refractivity (Wildman–Crippen MR) is 142 cm³/mol. The molecule has 1 saturated heterocycles. The number of hydrogen-bond donors (Lipinski definition) is 0. The number of carbonyl (C=O) groups is 1. The first kappa shape index (κ1) is 24.6. The van der Waals surface area contributed by atoms with E-state index in [1.807, 2.05) is 16.2 Å². The summed E-state index contributed by atoms with van der Waals surface area (Å²) in [5, 5.41) is 1.24. The van der Waals surface area contributed by atoms with Crippen molar-refractivity contribution in [1.82, 2.24) is 14.9 Å². The summed E-state index contributed by atoms with van der Waals surface area (Å²) < 4.78 is 16.3. The van der Waals surface area contributed by atoms with E-state index in [9.17, 15) is 4.79 Å². The Hall–Kier alpha value is -3.07. The summed E-state index contributed by atoms with van der Waals surface area (Å²) in [5.74, 6) is 4.05. The molecule has 3 heterocycles. The van der Waals surface area contributed by atoms with Gasteiger partial charge in [-0.25, -0.2) is 9.97 Å². The Bertz CT molecular complexity index is 1260. The van der Waals surface area contributed by atoms with Gasteiger partial charge in [0.05, 0.1) is 26.7 Å². The molecule has 3 aromatic rings. The van der Waals surface area contributed by atoms with Gasteiger partial charge in [0.15, 0.2) is 11.5 Å². The topological polar surface area (TPSA) is 77.0 Å². The monoisotopic (exact) mass is 510 g/mol. The summed E-state index contributed by atoms with van der Waals surface area (Å²) >= 11 is 1.85. The van der Waals surface area contributed by atoms with Gasteiger partial charge in [0.1, 0.15) is 16.5 Å². The Labute approximate surface area is 216 Å². The molecule has 0 saturated carbocycles. The van der Waals surface area contributed by atoms with E-state index in [2.05, 4.69) is 18.7 Å². The van der Waals surface area contributed by atoms with Gasteiger partial charge in [0.25, 0.3) is 5.91 Å². The second-order valence-corrected chi connectivity index (χ2v) is 10.6. The molecule has 0 radical (unpaired) electrons. The van der Waals surface area contributed by atoms with E-state index in [1.165, 1.54) is 22.2 Å². The lowest BCUT2D eigenvalue weighted by Crippen LogP contribution is -2.49. The number of anilines is 1. The van der Waals surface area contributed by atoms with Crippen LogP contribution >= 0.6 is 11.3 Å². The van der Waals surface area contributed by atoms with Crippen LogP contribution in [0.5, 0.6) is 17.2 Å². The number of ether oxygens (including phenoxy) is 3. The Morgan fingerprint density at radius 3 is 2.36 bits per heavy atom. The van der Waals surface area contributed by atoms with Crippen LogP contribution in [-0.2, 0) is 19.3 Å². The van der Waals surface area contributed by atoms with Gasteiger partial charge < -0.3 is 24.0 Å². The van der Waals surface area contributed by atoms with Crippen LogP contribution in [0.1, 0.15) is 46.9 Å². The fraction of sp³-hybridized carbons (Fsp3) is 0.519. The van der Waals surface area contributed by atoms with Gasteiger partial charge in [-0.15, -0.1) is 11.3 Å². The van der Waals surface area contributed by atoms with Crippen molar-refractivity contribution in [1.29, 1.82) is 0 Å². The van der Waals surface area contributed by atoms with Crippen molar-refractivity contribution in [2.45, 2.75) is 39.5 Å². The Balaban J connectivity index is 1.40. The normalized spacial score (nSPS) is 17.8. The zero-order valence-electron chi connectivity index (χ0n) is 21.7. The van der Waals surface area contributed by atoms with Crippen LogP contribution in [0.4, 0.5) is 5.82 Å². The van der Waals surface area contributed by atoms with Crippen molar-refractivity contribution >= 4 is 33.3 Å². The second-order valence-electron chi connectivity index (χ2n) is 9.54. The van der Waals surface area contributed by atoms with Gasteiger partial charge in [-0.2, -0.15) is 0 Å². The number of rotatable bonds is 6. The third-order valence-corrected chi connectivity index (χ3v) is 8.42. The standard InChI is InChI=1S/C27H34N4O4S/c1-6-22-28-25(23-18-8-7-16(2)13-21(18)36-26(23)29-22)30-9-11-31(12-10-30)27(32)17-14-19(33-3)24(35-5)20(15-17)34-4/h14-16H,6-13H2,1-5H3. The second kappa shape index (κ2) is 10.1. The number of fused-ring (bicyclic) bond motifs is 3. The van der Waals surface area contributed by atoms with Crippen LogP contribution < -0.4 is 19.1 Å². The van der Waals surface area contributed by atoms with Crippen LogP contribution in [0.2, 0.25) is 0 Å². The number of methoxy groups -OCH3 is 3. The highest BCUT2D eigenvalue weighted by atomic mass is 32.1. The maximum absolute atomic E-state index is 13.4. The number of amides is 1. The van der Waals surface area contributed by atoms with Gasteiger partial charge in [-0.1, -0.05) is 13.8 Å². The quantitative estimate of drug-likeness (QED) is 0.487. The highest BCUT2D eigenvalue weighted by molar-refractivity contribution is 7.19. The van der Waals surface area contributed by atoms with E-state index in [1.54, 1.807) is 33.5 Å². The molecule has 1 fully saturated rings. The molecule has 36 heavy (non-hydrogen) atoms. The van der Waals surface area contributed by atoms with Crippen LogP contribution in [0.25, 0.3) is 10.2 Å². The first-order valence-corrected chi connectivity index (χ1v) is 13.4. The van der Waals surface area contributed by atoms with Crippen molar-refractivity contribution < 1.29 is 19.0 Å². The van der Waals surface area contributed by atoms with Gasteiger partial charge in [-0.3, -0.25) is 4.79 Å². The molecule has 1 unspecified atom stereocenters. The van der Waals surface area contributed by atoms with Crippen molar-refractivity contribution in [2.75, 3.05) is 52.4 Å². The number of hydrogen-bond acceptors (Lipinski definition) is 8. The maximum atomic E-state index is 13.4. The highest BCUT2D eigenvalue weighted by Gasteiger charge is 2.29. The summed E-state index contributed by atoms with van der Waals surface area (Å²) in [6.45, 7) is 7.13. The zero-order chi connectivity index (χ0) is 25.4. The fourth-order valence-electron chi connectivity index (χ4n) is 5.26. The van der Waals surface area contributed by atoms with E-state index < -0.39 is 0 Å². The molecule has 1 amide bonds. The van der Waals surface area contributed by atoms with Crippen LogP contribution in [0.15, 0.2) is 12.1 Å². The molecule has 2 aliphatic rings. The minimum absolute atomic E-state index is 0.0436. The van der Waals surface area contributed by atoms with Crippen molar-refractivity contribution in [2.24, 2.45) is 5.92 Å². The summed E-state index contributed by atoms with van der Waals surface area (Å²) in [5.41, 5.74) is 1.97. The van der Waals surface area contributed by atoms with E-state index >= 15 is 0 Å². The molecule has 192 valence electrons. The predicted octanol–water partition coefficient (Wildman–Crippen LogP) is 4.37. The average molecular weight is 511 g/mol. The number of aryl methyl sites for hydroxylation is 2. The summed E-state index contributed by atoms with van der Waals surface area (Å²) in [6, 6.07) is 3.44. The van der Waals surface area contributed by atoms with Gasteiger partial charge in [0, 0.05) is 43.0 Å². The molecule has 0 N–H and O–H groups in total. The Morgan fingerprint density at radius 1 is 1.06 bits per heavy atom. The first-order chi connectivity index (χ1) is 17.5. The number of thiophene rings is 1. The molecule has 2 aromatic heterocycles. The Morgan fingerprint density at radius 2 is 1.75 bits per heavy atom. The molecule has 5 rings (SSSR count). The third kappa shape index (κ3) is 4.34. The van der Waals surface area contributed by atoms with Crippen molar-refractivity contribution in [3.05, 3.63) is 34.0 Å². The Kier molecular flexibility index (Phi) is 6.92. The molecule has 1 aliphatic heterocycles. The van der Waals surface area contributed by atoms with Crippen molar-refractivity contribution in [3.8, 4) is 17.2 Å².